The lowest BCUT2D eigenvalue weighted by Crippen LogP contribution is -2.25. The maximum Gasteiger partial charge on any atom is 0.00724 e. The van der Waals surface area contributed by atoms with E-state index in [4.69, 9.17) is 0 Å². The Kier molecular flexibility index (Phi) is 13.7. The summed E-state index contributed by atoms with van der Waals surface area (Å²) in [5.74, 6) is 1.91. The zero-order chi connectivity index (χ0) is 11.6. The highest BCUT2D eigenvalue weighted by molar-refractivity contribution is 7.99. The highest BCUT2D eigenvalue weighted by Gasteiger charge is 2.25. The summed E-state index contributed by atoms with van der Waals surface area (Å²) in [5.41, 5.74) is 0. The fourth-order valence-electron chi connectivity index (χ4n) is 1.87. The molecule has 0 spiro atoms. The Morgan fingerprint density at radius 1 is 0.929 bits per heavy atom. The Morgan fingerprint density at radius 2 is 1.43 bits per heavy atom. The topological polar surface area (TPSA) is 0 Å². The third kappa shape index (κ3) is 5.95. The molecule has 3 atom stereocenters. The molecule has 0 radical (unpaired) electrons. The van der Waals surface area contributed by atoms with E-state index in [9.17, 15) is 0 Å². The van der Waals surface area contributed by atoms with Crippen molar-refractivity contribution in [1.29, 1.82) is 0 Å². The molecule has 1 aliphatic rings. The van der Waals surface area contributed by atoms with Crippen LogP contribution in [0.4, 0.5) is 0 Å². The lowest BCUT2D eigenvalue weighted by Gasteiger charge is -2.32. The van der Waals surface area contributed by atoms with Gasteiger partial charge < -0.3 is 0 Å². The van der Waals surface area contributed by atoms with Gasteiger partial charge in [-0.15, -0.1) is 0 Å². The smallest absolute Gasteiger partial charge is 0.00724 e. The fraction of sp³-hybridized carbons (Fsp3) is 1.00. The first-order valence-electron chi connectivity index (χ1n) is 6.28. The van der Waals surface area contributed by atoms with Crippen LogP contribution in [0.5, 0.6) is 0 Å². The van der Waals surface area contributed by atoms with Gasteiger partial charge in [0.15, 0.2) is 0 Å². The Morgan fingerprint density at radius 3 is 1.79 bits per heavy atom. The van der Waals surface area contributed by atoms with Gasteiger partial charge in [-0.25, -0.2) is 0 Å². The van der Waals surface area contributed by atoms with Crippen molar-refractivity contribution in [3.8, 4) is 0 Å². The molecule has 88 valence electrons. The van der Waals surface area contributed by atoms with E-state index < -0.39 is 0 Å². The minimum absolute atomic E-state index is 0.948. The summed E-state index contributed by atoms with van der Waals surface area (Å²) in [6.07, 6.45) is 6.61. The molecular formula is C13H30S. The first kappa shape index (κ1) is 16.8. The molecule has 0 amide bonds. The van der Waals surface area contributed by atoms with Gasteiger partial charge >= 0.3 is 0 Å². The van der Waals surface area contributed by atoms with Crippen LogP contribution in [0.3, 0.4) is 0 Å². The van der Waals surface area contributed by atoms with Gasteiger partial charge in [0.05, 0.1) is 0 Å². The predicted molar refractivity (Wildman–Crippen MR) is 72.2 cm³/mol. The molecule has 1 saturated carbocycles. The first-order valence-corrected chi connectivity index (χ1v) is 7.57. The van der Waals surface area contributed by atoms with E-state index in [1.807, 2.05) is 27.7 Å². The van der Waals surface area contributed by atoms with Crippen LogP contribution in [-0.4, -0.2) is 11.5 Å². The van der Waals surface area contributed by atoms with Crippen LogP contribution < -0.4 is 0 Å². The summed E-state index contributed by atoms with van der Waals surface area (Å²) in [5, 5.41) is 0.948. The van der Waals surface area contributed by atoms with Crippen LogP contribution in [0.25, 0.3) is 0 Å². The molecule has 1 fully saturated rings. The highest BCUT2D eigenvalue weighted by Crippen LogP contribution is 2.35. The molecule has 0 bridgehead atoms. The van der Waals surface area contributed by atoms with Crippen molar-refractivity contribution in [2.45, 2.75) is 66.1 Å². The third-order valence-electron chi connectivity index (χ3n) is 2.93. The Hall–Kier alpha value is 0.350. The largest absolute Gasteiger partial charge is 0.162 e. The second kappa shape index (κ2) is 11.4. The molecule has 0 N–H and O–H groups in total. The molecular weight excluding hydrogens is 188 g/mol. The summed E-state index contributed by atoms with van der Waals surface area (Å²) in [6, 6.07) is 0. The summed E-state index contributed by atoms with van der Waals surface area (Å²) >= 11 is 2.06. The van der Waals surface area contributed by atoms with Crippen LogP contribution in [-0.2, 0) is 0 Å². The van der Waals surface area contributed by atoms with E-state index in [-0.39, 0.29) is 0 Å². The maximum atomic E-state index is 2.41. The first-order chi connectivity index (χ1) is 6.75. The lowest BCUT2D eigenvalue weighted by atomic mass is 9.81. The van der Waals surface area contributed by atoms with E-state index >= 15 is 0 Å². The number of hydrogen-bond acceptors (Lipinski definition) is 1. The highest BCUT2D eigenvalue weighted by atomic mass is 32.2. The quantitative estimate of drug-likeness (QED) is 0.581. The van der Waals surface area contributed by atoms with Crippen molar-refractivity contribution in [3.05, 3.63) is 0 Å². The Labute approximate surface area is 96.2 Å². The van der Waals surface area contributed by atoms with E-state index in [1.54, 1.807) is 0 Å². The monoisotopic (exact) mass is 218 g/mol. The molecule has 0 aromatic carbocycles. The minimum Gasteiger partial charge on any atom is -0.162 e. The molecule has 1 heteroatoms. The molecule has 14 heavy (non-hydrogen) atoms. The van der Waals surface area contributed by atoms with Crippen molar-refractivity contribution in [2.75, 3.05) is 6.26 Å². The van der Waals surface area contributed by atoms with E-state index in [2.05, 4.69) is 31.9 Å². The molecule has 0 aromatic heterocycles. The average molecular weight is 218 g/mol. The number of thioether (sulfide) groups is 1. The Balaban J connectivity index is 0. The van der Waals surface area contributed by atoms with Crippen molar-refractivity contribution in [3.63, 3.8) is 0 Å². The van der Waals surface area contributed by atoms with Gasteiger partial charge in [0.25, 0.3) is 0 Å². The van der Waals surface area contributed by atoms with Gasteiger partial charge in [-0.2, -0.15) is 11.8 Å². The molecule has 0 saturated heterocycles. The van der Waals surface area contributed by atoms with Crippen molar-refractivity contribution in [1.82, 2.24) is 0 Å². The summed E-state index contributed by atoms with van der Waals surface area (Å²) in [7, 11) is 0. The minimum atomic E-state index is 0.948. The Bertz CT molecular complexity index is 101. The lowest BCUT2D eigenvalue weighted by molar-refractivity contribution is 0.287. The van der Waals surface area contributed by atoms with Crippen LogP contribution >= 0.6 is 11.8 Å². The fourth-order valence-corrected chi connectivity index (χ4v) is 2.97. The standard InChI is InChI=1S/C9H18S.2C2H6/c1-7-5-4-6-9(10-3)8(7)2;2*1-2/h7-9H,4-6H2,1-3H3;2*1-2H3. The van der Waals surface area contributed by atoms with Crippen LogP contribution in [0, 0.1) is 11.8 Å². The number of hydrogen-bond donors (Lipinski definition) is 0. The zero-order valence-electron chi connectivity index (χ0n) is 11.3. The summed E-state index contributed by atoms with van der Waals surface area (Å²) in [4.78, 5) is 0. The van der Waals surface area contributed by atoms with E-state index in [0.29, 0.717) is 0 Å². The predicted octanol–water partition coefficient (Wildman–Crippen LogP) is 5.23. The van der Waals surface area contributed by atoms with Crippen molar-refractivity contribution in [2.24, 2.45) is 11.8 Å². The van der Waals surface area contributed by atoms with Crippen LogP contribution in [0.15, 0.2) is 0 Å². The van der Waals surface area contributed by atoms with E-state index in [1.165, 1.54) is 19.3 Å². The molecule has 1 aliphatic carbocycles. The molecule has 1 rings (SSSR count). The second-order valence-electron chi connectivity index (χ2n) is 3.54. The third-order valence-corrected chi connectivity index (χ3v) is 4.21. The van der Waals surface area contributed by atoms with Crippen molar-refractivity contribution < 1.29 is 0 Å². The second-order valence-corrected chi connectivity index (χ2v) is 4.62. The van der Waals surface area contributed by atoms with Gasteiger partial charge in [0, 0.05) is 5.25 Å². The van der Waals surface area contributed by atoms with Gasteiger partial charge in [0.2, 0.25) is 0 Å². The summed E-state index contributed by atoms with van der Waals surface area (Å²) < 4.78 is 0. The molecule has 0 heterocycles. The van der Waals surface area contributed by atoms with Crippen LogP contribution in [0.1, 0.15) is 60.8 Å². The van der Waals surface area contributed by atoms with Crippen molar-refractivity contribution >= 4 is 11.8 Å². The SMILES string of the molecule is CC.CC.CSC1CCCC(C)C1C. The van der Waals surface area contributed by atoms with Crippen LogP contribution in [0.2, 0.25) is 0 Å². The average Bonchev–Trinajstić information content (AvgIpc) is 2.28. The van der Waals surface area contributed by atoms with E-state index in [0.717, 1.165) is 17.1 Å². The van der Waals surface area contributed by atoms with Gasteiger partial charge in [-0.05, 0) is 24.5 Å². The zero-order valence-corrected chi connectivity index (χ0v) is 12.1. The molecule has 3 unspecified atom stereocenters. The number of rotatable bonds is 1. The maximum absolute atomic E-state index is 2.41. The molecule has 0 aromatic rings. The van der Waals surface area contributed by atoms with Gasteiger partial charge in [-0.1, -0.05) is 54.4 Å². The van der Waals surface area contributed by atoms with Gasteiger partial charge in [0.1, 0.15) is 0 Å². The van der Waals surface area contributed by atoms with Gasteiger partial charge in [-0.3, -0.25) is 0 Å². The summed E-state index contributed by atoms with van der Waals surface area (Å²) in [6.45, 7) is 12.8. The molecule has 0 aliphatic heterocycles. The normalized spacial score (nSPS) is 30.6. The molecule has 0 nitrogen and oxygen atoms in total.